The molecule has 0 bridgehead atoms. The Kier molecular flexibility index (Phi) is 5.78. The van der Waals surface area contributed by atoms with Crippen LogP contribution in [0, 0.1) is 0 Å². The summed E-state index contributed by atoms with van der Waals surface area (Å²) in [4.78, 5) is 18.7. The summed E-state index contributed by atoms with van der Waals surface area (Å²) < 4.78 is 37.5. The molecule has 6 nitrogen and oxygen atoms in total. The van der Waals surface area contributed by atoms with E-state index in [1.54, 1.807) is 0 Å². The third-order valence-corrected chi connectivity index (χ3v) is 3.21. The minimum absolute atomic E-state index is 0.0310. The molecule has 1 heterocycles. The normalized spacial score (nSPS) is 17.6. The number of nitrogens with zero attached hydrogens (tertiary/aromatic N) is 2. The fraction of sp³-hybridized carbons (Fsp3) is 0.500. The zero-order valence-corrected chi connectivity index (χ0v) is 12.4. The van der Waals surface area contributed by atoms with Gasteiger partial charge < -0.3 is 16.0 Å². The third-order valence-electron chi connectivity index (χ3n) is 3.21. The molecular weight excluding hydrogens is 311 g/mol. The first-order valence-electron chi connectivity index (χ1n) is 7.30. The summed E-state index contributed by atoms with van der Waals surface area (Å²) in [5.41, 5.74) is -1.01. The van der Waals surface area contributed by atoms with Crippen LogP contribution in [-0.2, 0) is 6.18 Å². The van der Waals surface area contributed by atoms with Crippen molar-refractivity contribution in [3.8, 4) is 0 Å². The summed E-state index contributed by atoms with van der Waals surface area (Å²) in [7, 11) is 0. The van der Waals surface area contributed by atoms with E-state index in [0.29, 0.717) is 0 Å². The standard InChI is InChI=1S/C14H18F3N5O/c15-14(16,17)11-6-7-18-12(22-11)19-8-9-20-13(23)21-10-4-2-1-3-5-10/h2,4,6-7,10H,1,3,5,8-9H2,(H,18,19,22)(H2,20,21,23). The van der Waals surface area contributed by atoms with Crippen LogP contribution in [-0.4, -0.2) is 35.1 Å². The highest BCUT2D eigenvalue weighted by atomic mass is 19.4. The molecule has 2 amide bonds. The average molecular weight is 329 g/mol. The van der Waals surface area contributed by atoms with E-state index in [0.717, 1.165) is 31.5 Å². The Balaban J connectivity index is 1.70. The molecule has 0 saturated heterocycles. The molecule has 9 heteroatoms. The van der Waals surface area contributed by atoms with Crippen molar-refractivity contribution in [2.75, 3.05) is 18.4 Å². The van der Waals surface area contributed by atoms with Crippen molar-refractivity contribution in [3.63, 3.8) is 0 Å². The highest BCUT2D eigenvalue weighted by molar-refractivity contribution is 5.74. The summed E-state index contributed by atoms with van der Waals surface area (Å²) in [6.45, 7) is 0.455. The van der Waals surface area contributed by atoms with Crippen LogP contribution in [0.2, 0.25) is 0 Å². The van der Waals surface area contributed by atoms with Gasteiger partial charge in [-0.05, 0) is 25.3 Å². The van der Waals surface area contributed by atoms with Crippen molar-refractivity contribution in [2.45, 2.75) is 31.5 Å². The van der Waals surface area contributed by atoms with E-state index >= 15 is 0 Å². The molecule has 23 heavy (non-hydrogen) atoms. The topological polar surface area (TPSA) is 78.9 Å². The smallest absolute Gasteiger partial charge is 0.352 e. The number of amides is 2. The summed E-state index contributed by atoms with van der Waals surface area (Å²) in [5, 5.41) is 8.06. The van der Waals surface area contributed by atoms with Gasteiger partial charge in [0.1, 0.15) is 5.69 Å². The lowest BCUT2D eigenvalue weighted by Crippen LogP contribution is -2.43. The van der Waals surface area contributed by atoms with Gasteiger partial charge in [-0.2, -0.15) is 13.2 Å². The van der Waals surface area contributed by atoms with Crippen LogP contribution < -0.4 is 16.0 Å². The van der Waals surface area contributed by atoms with Crippen molar-refractivity contribution in [1.29, 1.82) is 0 Å². The van der Waals surface area contributed by atoms with E-state index < -0.39 is 11.9 Å². The van der Waals surface area contributed by atoms with E-state index in [9.17, 15) is 18.0 Å². The summed E-state index contributed by atoms with van der Waals surface area (Å²) in [6, 6.07) is 0.519. The predicted octanol–water partition coefficient (Wildman–Crippen LogP) is 2.32. The number of anilines is 1. The number of hydrogen-bond donors (Lipinski definition) is 3. The Morgan fingerprint density at radius 3 is 2.87 bits per heavy atom. The lowest BCUT2D eigenvalue weighted by molar-refractivity contribution is -0.141. The molecule has 1 aliphatic rings. The van der Waals surface area contributed by atoms with Crippen LogP contribution in [0.3, 0.4) is 0 Å². The molecule has 0 saturated carbocycles. The summed E-state index contributed by atoms with van der Waals surface area (Å²) >= 11 is 0. The maximum Gasteiger partial charge on any atom is 0.433 e. The number of carbonyl (C=O) groups excluding carboxylic acids is 1. The first-order chi connectivity index (χ1) is 10.9. The van der Waals surface area contributed by atoms with Crippen LogP contribution in [0.5, 0.6) is 0 Å². The Hall–Kier alpha value is -2.32. The van der Waals surface area contributed by atoms with E-state index in [2.05, 4.69) is 25.9 Å². The minimum Gasteiger partial charge on any atom is -0.352 e. The van der Waals surface area contributed by atoms with E-state index in [-0.39, 0.29) is 31.1 Å². The SMILES string of the molecule is O=C(NCCNc1nccc(C(F)(F)F)n1)NC1C=CCCC1. The number of hydrogen-bond acceptors (Lipinski definition) is 4. The van der Waals surface area contributed by atoms with Gasteiger partial charge in [0.2, 0.25) is 5.95 Å². The molecule has 1 aromatic heterocycles. The van der Waals surface area contributed by atoms with Crippen LogP contribution >= 0.6 is 0 Å². The molecule has 126 valence electrons. The second-order valence-electron chi connectivity index (χ2n) is 5.06. The molecule has 1 atom stereocenters. The van der Waals surface area contributed by atoms with Gasteiger partial charge in [-0.3, -0.25) is 0 Å². The highest BCUT2D eigenvalue weighted by Gasteiger charge is 2.32. The van der Waals surface area contributed by atoms with Gasteiger partial charge in [0.25, 0.3) is 0 Å². The van der Waals surface area contributed by atoms with Crippen molar-refractivity contribution >= 4 is 12.0 Å². The molecule has 0 aliphatic heterocycles. The molecule has 2 rings (SSSR count). The third kappa shape index (κ3) is 5.76. The van der Waals surface area contributed by atoms with Gasteiger partial charge in [-0.1, -0.05) is 12.2 Å². The zero-order chi connectivity index (χ0) is 16.7. The molecule has 0 fully saturated rings. The van der Waals surface area contributed by atoms with Gasteiger partial charge >= 0.3 is 12.2 Å². The molecule has 0 spiro atoms. The van der Waals surface area contributed by atoms with Crippen molar-refractivity contribution in [3.05, 3.63) is 30.1 Å². The predicted molar refractivity (Wildman–Crippen MR) is 78.8 cm³/mol. The van der Waals surface area contributed by atoms with Gasteiger partial charge in [0.05, 0.1) is 0 Å². The van der Waals surface area contributed by atoms with Gasteiger partial charge in [0.15, 0.2) is 0 Å². The fourth-order valence-corrected chi connectivity index (χ4v) is 2.10. The fourth-order valence-electron chi connectivity index (χ4n) is 2.10. The number of alkyl halides is 3. The van der Waals surface area contributed by atoms with Crippen LogP contribution in [0.4, 0.5) is 23.9 Å². The average Bonchev–Trinajstić information content (AvgIpc) is 2.52. The van der Waals surface area contributed by atoms with E-state index in [4.69, 9.17) is 0 Å². The molecule has 3 N–H and O–H groups in total. The minimum atomic E-state index is -4.51. The molecule has 1 aromatic rings. The Morgan fingerprint density at radius 2 is 2.17 bits per heavy atom. The molecule has 1 unspecified atom stereocenters. The number of aromatic nitrogens is 2. The van der Waals surface area contributed by atoms with Crippen molar-refractivity contribution in [2.24, 2.45) is 0 Å². The quantitative estimate of drug-likeness (QED) is 0.572. The maximum absolute atomic E-state index is 12.5. The Bertz CT molecular complexity index is 562. The van der Waals surface area contributed by atoms with Crippen molar-refractivity contribution < 1.29 is 18.0 Å². The summed E-state index contributed by atoms with van der Waals surface area (Å²) in [6.07, 6.45) is 3.48. The molecular formula is C14H18F3N5O. The van der Waals surface area contributed by atoms with E-state index in [1.807, 2.05) is 12.2 Å². The molecule has 1 aliphatic carbocycles. The van der Waals surface area contributed by atoms with Gasteiger partial charge in [0, 0.05) is 25.3 Å². The largest absolute Gasteiger partial charge is 0.433 e. The summed E-state index contributed by atoms with van der Waals surface area (Å²) in [5.74, 6) is -0.128. The number of rotatable bonds is 5. The molecule has 0 aromatic carbocycles. The Morgan fingerprint density at radius 1 is 1.35 bits per heavy atom. The van der Waals surface area contributed by atoms with E-state index in [1.165, 1.54) is 0 Å². The second kappa shape index (κ2) is 7.80. The number of carbonyl (C=O) groups is 1. The first kappa shape index (κ1) is 17.0. The van der Waals surface area contributed by atoms with Gasteiger partial charge in [-0.15, -0.1) is 0 Å². The molecule has 0 radical (unpaired) electrons. The Labute approximate surface area is 131 Å². The number of allylic oxidation sites excluding steroid dienone is 1. The number of urea groups is 1. The maximum atomic E-state index is 12.5. The highest BCUT2D eigenvalue weighted by Crippen LogP contribution is 2.27. The lowest BCUT2D eigenvalue weighted by Gasteiger charge is -2.18. The van der Waals surface area contributed by atoms with Crippen LogP contribution in [0.25, 0.3) is 0 Å². The van der Waals surface area contributed by atoms with Gasteiger partial charge in [-0.25, -0.2) is 14.8 Å². The lowest BCUT2D eigenvalue weighted by atomic mass is 10.0. The first-order valence-corrected chi connectivity index (χ1v) is 7.30. The number of nitrogens with one attached hydrogen (secondary N) is 3. The second-order valence-corrected chi connectivity index (χ2v) is 5.06. The monoisotopic (exact) mass is 329 g/mol. The zero-order valence-electron chi connectivity index (χ0n) is 12.4. The van der Waals surface area contributed by atoms with Crippen LogP contribution in [0.15, 0.2) is 24.4 Å². The number of halogens is 3. The van der Waals surface area contributed by atoms with Crippen LogP contribution in [0.1, 0.15) is 25.0 Å². The van der Waals surface area contributed by atoms with Crippen molar-refractivity contribution in [1.82, 2.24) is 20.6 Å².